The van der Waals surface area contributed by atoms with Crippen LogP contribution in [-0.2, 0) is 4.79 Å². The van der Waals surface area contributed by atoms with Crippen LogP contribution in [0.3, 0.4) is 0 Å². The molecule has 82 valence electrons. The van der Waals surface area contributed by atoms with Crippen LogP contribution in [0.4, 0.5) is 0 Å². The maximum absolute atomic E-state index is 10.7. The molecule has 4 N–H and O–H groups in total. The molecule has 4 nitrogen and oxygen atoms in total. The summed E-state index contributed by atoms with van der Waals surface area (Å²) < 4.78 is 0. The van der Waals surface area contributed by atoms with Crippen LogP contribution < -0.4 is 5.73 Å². The van der Waals surface area contributed by atoms with Gasteiger partial charge >= 0.3 is 5.97 Å². The number of hydrogen-bond acceptors (Lipinski definition) is 3. The average Bonchev–Trinajstić information content (AvgIpc) is 2.12. The van der Waals surface area contributed by atoms with Crippen LogP contribution in [0.15, 0.2) is 12.2 Å². The van der Waals surface area contributed by atoms with Gasteiger partial charge in [0.2, 0.25) is 0 Å². The zero-order valence-electron chi connectivity index (χ0n) is 8.90. The molecule has 0 amide bonds. The monoisotopic (exact) mass is 201 g/mol. The highest BCUT2D eigenvalue weighted by Crippen LogP contribution is 2.18. The van der Waals surface area contributed by atoms with Gasteiger partial charge in [0.25, 0.3) is 0 Å². The Kier molecular flexibility index (Phi) is 4.80. The van der Waals surface area contributed by atoms with Crippen molar-refractivity contribution in [1.82, 2.24) is 0 Å². The number of aliphatic hydroxyl groups is 1. The molecule has 0 unspecified atom stereocenters. The summed E-state index contributed by atoms with van der Waals surface area (Å²) in [4.78, 5) is 10.7. The minimum absolute atomic E-state index is 0.169. The van der Waals surface area contributed by atoms with Crippen LogP contribution in [-0.4, -0.2) is 27.8 Å². The first kappa shape index (κ1) is 13.1. The SMILES string of the molecule is C/C=C/C[C@@H](C)[C@@H](O)[C@](C)(N)C(=O)O. The first-order valence-corrected chi connectivity index (χ1v) is 4.65. The Labute approximate surface area is 84.4 Å². The van der Waals surface area contributed by atoms with E-state index in [0.717, 1.165) is 0 Å². The van der Waals surface area contributed by atoms with Crippen LogP contribution in [0.25, 0.3) is 0 Å². The summed E-state index contributed by atoms with van der Waals surface area (Å²) in [7, 11) is 0. The van der Waals surface area contributed by atoms with Crippen molar-refractivity contribution in [2.75, 3.05) is 0 Å². The Balaban J connectivity index is 4.44. The zero-order chi connectivity index (χ0) is 11.4. The molecule has 0 aliphatic rings. The number of aliphatic carboxylic acids is 1. The predicted octanol–water partition coefficient (Wildman–Crippen LogP) is 0.752. The highest BCUT2D eigenvalue weighted by Gasteiger charge is 2.39. The Morgan fingerprint density at radius 1 is 1.64 bits per heavy atom. The van der Waals surface area contributed by atoms with Crippen molar-refractivity contribution in [2.24, 2.45) is 11.7 Å². The maximum Gasteiger partial charge on any atom is 0.326 e. The summed E-state index contributed by atoms with van der Waals surface area (Å²) in [5.74, 6) is -1.35. The zero-order valence-corrected chi connectivity index (χ0v) is 8.90. The first-order valence-electron chi connectivity index (χ1n) is 4.65. The Hall–Kier alpha value is -0.870. The van der Waals surface area contributed by atoms with E-state index in [1.54, 1.807) is 6.92 Å². The number of carboxylic acid groups (broad SMARTS) is 1. The predicted molar refractivity (Wildman–Crippen MR) is 54.8 cm³/mol. The number of hydrogen-bond donors (Lipinski definition) is 3. The van der Waals surface area contributed by atoms with Crippen molar-refractivity contribution in [2.45, 2.75) is 38.8 Å². The van der Waals surface area contributed by atoms with Crippen LogP contribution in [0.1, 0.15) is 27.2 Å². The van der Waals surface area contributed by atoms with E-state index in [0.29, 0.717) is 6.42 Å². The second-order valence-electron chi connectivity index (χ2n) is 3.81. The average molecular weight is 201 g/mol. The van der Waals surface area contributed by atoms with Crippen molar-refractivity contribution < 1.29 is 15.0 Å². The van der Waals surface area contributed by atoms with E-state index >= 15 is 0 Å². The second kappa shape index (κ2) is 5.12. The van der Waals surface area contributed by atoms with Gasteiger partial charge in [0.05, 0.1) is 6.10 Å². The van der Waals surface area contributed by atoms with Gasteiger partial charge in [-0.2, -0.15) is 0 Å². The van der Waals surface area contributed by atoms with Gasteiger partial charge in [0.1, 0.15) is 5.54 Å². The Morgan fingerprint density at radius 2 is 2.14 bits per heavy atom. The molecule has 14 heavy (non-hydrogen) atoms. The lowest BCUT2D eigenvalue weighted by molar-refractivity contribution is -0.148. The second-order valence-corrected chi connectivity index (χ2v) is 3.81. The quantitative estimate of drug-likeness (QED) is 0.573. The van der Waals surface area contributed by atoms with Crippen molar-refractivity contribution >= 4 is 5.97 Å². The van der Waals surface area contributed by atoms with Crippen LogP contribution in [0.5, 0.6) is 0 Å². The molecule has 0 rings (SSSR count). The van der Waals surface area contributed by atoms with E-state index in [4.69, 9.17) is 10.8 Å². The molecular formula is C10H19NO3. The van der Waals surface area contributed by atoms with Gasteiger partial charge in [-0.1, -0.05) is 19.1 Å². The number of allylic oxidation sites excluding steroid dienone is 2. The smallest absolute Gasteiger partial charge is 0.326 e. The summed E-state index contributed by atoms with van der Waals surface area (Å²) in [5, 5.41) is 18.5. The highest BCUT2D eigenvalue weighted by molar-refractivity contribution is 5.78. The first-order chi connectivity index (χ1) is 6.34. The summed E-state index contributed by atoms with van der Waals surface area (Å²) in [6.45, 7) is 4.98. The van der Waals surface area contributed by atoms with Gasteiger partial charge in [-0.25, -0.2) is 0 Å². The molecule has 0 fully saturated rings. The fraction of sp³-hybridized carbons (Fsp3) is 0.700. The van der Waals surface area contributed by atoms with Crippen molar-refractivity contribution in [3.05, 3.63) is 12.2 Å². The number of carboxylic acids is 1. The molecule has 0 aromatic heterocycles. The molecule has 0 spiro atoms. The minimum atomic E-state index is -1.58. The lowest BCUT2D eigenvalue weighted by Crippen LogP contribution is -2.57. The van der Waals surface area contributed by atoms with E-state index in [-0.39, 0.29) is 5.92 Å². The number of rotatable bonds is 5. The molecule has 3 atom stereocenters. The Bertz CT molecular complexity index is 223. The number of aliphatic hydroxyl groups excluding tert-OH is 1. The normalized spacial score (nSPS) is 20.4. The standard InChI is InChI=1S/C10H19NO3/c1-4-5-6-7(2)8(12)10(3,11)9(13)14/h4-5,7-8,12H,6,11H2,1-3H3,(H,13,14)/b5-4+/t7-,8-,10+/m1/s1. The van der Waals surface area contributed by atoms with Gasteiger partial charge in [-0.05, 0) is 26.2 Å². The summed E-state index contributed by atoms with van der Waals surface area (Å²) >= 11 is 0. The molecule has 0 aliphatic heterocycles. The van der Waals surface area contributed by atoms with Gasteiger partial charge in [-0.3, -0.25) is 4.79 Å². The minimum Gasteiger partial charge on any atom is -0.480 e. The van der Waals surface area contributed by atoms with Crippen molar-refractivity contribution in [1.29, 1.82) is 0 Å². The lowest BCUT2D eigenvalue weighted by atomic mass is 9.85. The molecule has 0 aromatic rings. The molecular weight excluding hydrogens is 182 g/mol. The summed E-state index contributed by atoms with van der Waals surface area (Å²) in [6, 6.07) is 0. The van der Waals surface area contributed by atoms with Crippen LogP contribution >= 0.6 is 0 Å². The molecule has 0 radical (unpaired) electrons. The van der Waals surface area contributed by atoms with E-state index in [2.05, 4.69) is 0 Å². The van der Waals surface area contributed by atoms with Gasteiger partial charge in [-0.15, -0.1) is 0 Å². The van der Waals surface area contributed by atoms with Crippen LogP contribution in [0, 0.1) is 5.92 Å². The van der Waals surface area contributed by atoms with E-state index in [1.165, 1.54) is 6.92 Å². The maximum atomic E-state index is 10.7. The van der Waals surface area contributed by atoms with Crippen molar-refractivity contribution in [3.8, 4) is 0 Å². The molecule has 4 heteroatoms. The largest absolute Gasteiger partial charge is 0.480 e. The molecule has 0 bridgehead atoms. The fourth-order valence-corrected chi connectivity index (χ4v) is 1.20. The topological polar surface area (TPSA) is 83.5 Å². The van der Waals surface area contributed by atoms with Crippen molar-refractivity contribution in [3.63, 3.8) is 0 Å². The van der Waals surface area contributed by atoms with E-state index < -0.39 is 17.6 Å². The van der Waals surface area contributed by atoms with Crippen LogP contribution in [0.2, 0.25) is 0 Å². The van der Waals surface area contributed by atoms with Gasteiger partial charge in [0.15, 0.2) is 0 Å². The lowest BCUT2D eigenvalue weighted by Gasteiger charge is -2.29. The number of nitrogens with two attached hydrogens (primary N) is 1. The fourth-order valence-electron chi connectivity index (χ4n) is 1.20. The number of carbonyl (C=O) groups is 1. The summed E-state index contributed by atoms with van der Waals surface area (Å²) in [5.41, 5.74) is 3.92. The third kappa shape index (κ3) is 3.12. The third-order valence-corrected chi connectivity index (χ3v) is 2.36. The van der Waals surface area contributed by atoms with Gasteiger partial charge < -0.3 is 15.9 Å². The molecule has 0 saturated carbocycles. The van der Waals surface area contributed by atoms with E-state index in [1.807, 2.05) is 19.1 Å². The molecule has 0 aliphatic carbocycles. The molecule has 0 aromatic carbocycles. The van der Waals surface area contributed by atoms with Gasteiger partial charge in [0, 0.05) is 0 Å². The molecule has 0 saturated heterocycles. The third-order valence-electron chi connectivity index (χ3n) is 2.36. The molecule has 0 heterocycles. The summed E-state index contributed by atoms with van der Waals surface area (Å²) in [6.07, 6.45) is 3.32. The Morgan fingerprint density at radius 3 is 2.50 bits per heavy atom. The highest BCUT2D eigenvalue weighted by atomic mass is 16.4. The van der Waals surface area contributed by atoms with E-state index in [9.17, 15) is 9.90 Å².